The Hall–Kier alpha value is -2.15. The van der Waals surface area contributed by atoms with Gasteiger partial charge in [-0.2, -0.15) is 0 Å². The summed E-state index contributed by atoms with van der Waals surface area (Å²) >= 11 is 0. The topological polar surface area (TPSA) is 65.1 Å². The van der Waals surface area contributed by atoms with Crippen LogP contribution in [0.5, 0.6) is 5.75 Å². The van der Waals surface area contributed by atoms with E-state index in [1.807, 2.05) is 6.92 Å². The SMILES string of the molecule is COC(=O)c1cc(F)c2c(c1)OCCN(C(=O)C1(C)COC1)C2. The minimum Gasteiger partial charge on any atom is -0.491 e. The highest BCUT2D eigenvalue weighted by Crippen LogP contribution is 2.33. The second-order valence-corrected chi connectivity index (χ2v) is 6.05. The van der Waals surface area contributed by atoms with Crippen molar-refractivity contribution in [2.24, 2.45) is 5.41 Å². The Kier molecular flexibility index (Phi) is 3.97. The second kappa shape index (κ2) is 5.81. The maximum atomic E-state index is 14.4. The number of ether oxygens (including phenoxy) is 3. The van der Waals surface area contributed by atoms with Crippen molar-refractivity contribution >= 4 is 11.9 Å². The van der Waals surface area contributed by atoms with E-state index >= 15 is 0 Å². The molecule has 0 saturated carbocycles. The van der Waals surface area contributed by atoms with E-state index in [2.05, 4.69) is 4.74 Å². The molecule has 2 aliphatic rings. The zero-order valence-electron chi connectivity index (χ0n) is 13.1. The molecule has 0 atom stereocenters. The number of carbonyl (C=O) groups is 2. The molecule has 23 heavy (non-hydrogen) atoms. The molecular formula is C16H18FNO5. The van der Waals surface area contributed by atoms with Gasteiger partial charge in [0, 0.05) is 5.56 Å². The van der Waals surface area contributed by atoms with Gasteiger partial charge in [-0.3, -0.25) is 4.79 Å². The Labute approximate surface area is 133 Å². The van der Waals surface area contributed by atoms with Gasteiger partial charge in [-0.25, -0.2) is 9.18 Å². The fourth-order valence-electron chi connectivity index (χ4n) is 2.75. The third-order valence-corrected chi connectivity index (χ3v) is 4.19. The molecule has 0 spiro atoms. The molecule has 6 nitrogen and oxygen atoms in total. The maximum Gasteiger partial charge on any atom is 0.338 e. The van der Waals surface area contributed by atoms with Gasteiger partial charge in [-0.05, 0) is 19.1 Å². The number of methoxy groups -OCH3 is 1. The molecule has 0 unspecified atom stereocenters. The number of esters is 1. The van der Waals surface area contributed by atoms with E-state index in [1.54, 1.807) is 4.90 Å². The predicted molar refractivity (Wildman–Crippen MR) is 77.6 cm³/mol. The lowest BCUT2D eigenvalue weighted by Gasteiger charge is -2.39. The summed E-state index contributed by atoms with van der Waals surface area (Å²) in [5.74, 6) is -1.02. The van der Waals surface area contributed by atoms with Gasteiger partial charge in [-0.15, -0.1) is 0 Å². The van der Waals surface area contributed by atoms with Gasteiger partial charge in [0.2, 0.25) is 5.91 Å². The number of carbonyl (C=O) groups excluding carboxylic acids is 2. The first-order chi connectivity index (χ1) is 10.9. The summed E-state index contributed by atoms with van der Waals surface area (Å²) in [5.41, 5.74) is -0.192. The molecule has 1 saturated heterocycles. The number of fused-ring (bicyclic) bond motifs is 1. The van der Waals surface area contributed by atoms with Gasteiger partial charge < -0.3 is 19.1 Å². The van der Waals surface area contributed by atoms with Crippen LogP contribution in [0.2, 0.25) is 0 Å². The lowest BCUT2D eigenvalue weighted by atomic mass is 9.86. The van der Waals surface area contributed by atoms with Crippen LogP contribution in [0.4, 0.5) is 4.39 Å². The van der Waals surface area contributed by atoms with Crippen LogP contribution in [0, 0.1) is 11.2 Å². The van der Waals surface area contributed by atoms with Gasteiger partial charge in [0.1, 0.15) is 18.2 Å². The molecule has 1 fully saturated rings. The summed E-state index contributed by atoms with van der Waals surface area (Å²) in [5, 5.41) is 0. The lowest BCUT2D eigenvalue weighted by molar-refractivity contribution is -0.169. The van der Waals surface area contributed by atoms with Gasteiger partial charge in [0.25, 0.3) is 0 Å². The van der Waals surface area contributed by atoms with Crippen LogP contribution in [0.25, 0.3) is 0 Å². The normalized spacial score (nSPS) is 19.0. The van der Waals surface area contributed by atoms with Crippen molar-refractivity contribution in [2.45, 2.75) is 13.5 Å². The van der Waals surface area contributed by atoms with Crippen molar-refractivity contribution in [2.75, 3.05) is 33.5 Å². The molecule has 2 heterocycles. The maximum absolute atomic E-state index is 14.4. The molecule has 7 heteroatoms. The van der Waals surface area contributed by atoms with E-state index in [1.165, 1.54) is 13.2 Å². The minimum atomic E-state index is -0.633. The van der Waals surface area contributed by atoms with E-state index in [0.717, 1.165) is 6.07 Å². The average Bonchev–Trinajstić information content (AvgIpc) is 2.73. The predicted octanol–water partition coefficient (Wildman–Crippen LogP) is 1.37. The first-order valence-corrected chi connectivity index (χ1v) is 7.35. The standard InChI is InChI=1S/C16H18FNO5/c1-16(8-22-9-16)15(20)18-3-4-23-13-6-10(14(19)21-2)5-12(17)11(13)7-18/h5-6H,3-4,7-9H2,1-2H3. The number of rotatable bonds is 2. The zero-order valence-corrected chi connectivity index (χ0v) is 13.1. The molecule has 1 amide bonds. The summed E-state index contributed by atoms with van der Waals surface area (Å²) < 4.78 is 29.6. The van der Waals surface area contributed by atoms with Crippen LogP contribution in [-0.4, -0.2) is 50.3 Å². The highest BCUT2D eigenvalue weighted by Gasteiger charge is 2.44. The van der Waals surface area contributed by atoms with Gasteiger partial charge >= 0.3 is 5.97 Å². The first-order valence-electron chi connectivity index (χ1n) is 7.35. The Morgan fingerprint density at radius 2 is 2.09 bits per heavy atom. The van der Waals surface area contributed by atoms with Crippen molar-refractivity contribution in [3.63, 3.8) is 0 Å². The number of halogens is 1. The fraction of sp³-hybridized carbons (Fsp3) is 0.500. The molecule has 0 aromatic heterocycles. The van der Waals surface area contributed by atoms with Crippen LogP contribution in [0.3, 0.4) is 0 Å². The van der Waals surface area contributed by atoms with Crippen LogP contribution in [0.15, 0.2) is 12.1 Å². The molecular weight excluding hydrogens is 305 g/mol. The number of nitrogens with zero attached hydrogens (tertiary/aromatic N) is 1. The number of hydrogen-bond acceptors (Lipinski definition) is 5. The molecule has 2 aliphatic heterocycles. The minimum absolute atomic E-state index is 0.0726. The molecule has 124 valence electrons. The van der Waals surface area contributed by atoms with Gasteiger partial charge in [0.15, 0.2) is 0 Å². The van der Waals surface area contributed by atoms with Gasteiger partial charge in [-0.1, -0.05) is 0 Å². The quantitative estimate of drug-likeness (QED) is 0.769. The first kappa shape index (κ1) is 15.7. The molecule has 0 bridgehead atoms. The summed E-state index contributed by atoms with van der Waals surface area (Å²) in [6, 6.07) is 2.56. The number of benzene rings is 1. The van der Waals surface area contributed by atoms with E-state index in [4.69, 9.17) is 9.47 Å². The highest BCUT2D eigenvalue weighted by molar-refractivity contribution is 5.90. The molecule has 0 radical (unpaired) electrons. The van der Waals surface area contributed by atoms with E-state index in [-0.39, 0.29) is 35.9 Å². The largest absolute Gasteiger partial charge is 0.491 e. The average molecular weight is 323 g/mol. The van der Waals surface area contributed by atoms with Crippen LogP contribution in [-0.2, 0) is 20.8 Å². The van der Waals surface area contributed by atoms with Crippen LogP contribution in [0.1, 0.15) is 22.8 Å². The Morgan fingerprint density at radius 3 is 2.70 bits per heavy atom. The van der Waals surface area contributed by atoms with E-state index in [9.17, 15) is 14.0 Å². The third kappa shape index (κ3) is 2.76. The molecule has 1 aromatic carbocycles. The second-order valence-electron chi connectivity index (χ2n) is 6.05. The van der Waals surface area contributed by atoms with Crippen molar-refractivity contribution in [3.8, 4) is 5.75 Å². The van der Waals surface area contributed by atoms with Crippen molar-refractivity contribution in [3.05, 3.63) is 29.1 Å². The van der Waals surface area contributed by atoms with Crippen molar-refractivity contribution in [1.82, 2.24) is 4.90 Å². The molecule has 0 aliphatic carbocycles. The molecule has 3 rings (SSSR count). The zero-order chi connectivity index (χ0) is 16.6. The Balaban J connectivity index is 1.88. The third-order valence-electron chi connectivity index (χ3n) is 4.19. The van der Waals surface area contributed by atoms with Crippen molar-refractivity contribution in [1.29, 1.82) is 0 Å². The Morgan fingerprint density at radius 1 is 1.35 bits per heavy atom. The van der Waals surface area contributed by atoms with E-state index < -0.39 is 17.2 Å². The summed E-state index contributed by atoms with van der Waals surface area (Å²) in [7, 11) is 1.23. The summed E-state index contributed by atoms with van der Waals surface area (Å²) in [4.78, 5) is 25.7. The highest BCUT2D eigenvalue weighted by atomic mass is 19.1. The molecule has 1 aromatic rings. The van der Waals surface area contributed by atoms with E-state index in [0.29, 0.717) is 19.8 Å². The number of amides is 1. The monoisotopic (exact) mass is 323 g/mol. The van der Waals surface area contributed by atoms with Crippen LogP contribution >= 0.6 is 0 Å². The fourth-order valence-corrected chi connectivity index (χ4v) is 2.75. The van der Waals surface area contributed by atoms with Gasteiger partial charge in [0.05, 0.1) is 44.4 Å². The summed E-state index contributed by atoms with van der Waals surface area (Å²) in [6.45, 7) is 3.29. The lowest BCUT2D eigenvalue weighted by Crippen LogP contribution is -2.53. The summed E-state index contributed by atoms with van der Waals surface area (Å²) in [6.07, 6.45) is 0. The van der Waals surface area contributed by atoms with Crippen LogP contribution < -0.4 is 4.74 Å². The smallest absolute Gasteiger partial charge is 0.338 e. The Bertz CT molecular complexity index is 656. The molecule has 0 N–H and O–H groups in total. The van der Waals surface area contributed by atoms with Crippen molar-refractivity contribution < 1.29 is 28.2 Å². The number of hydrogen-bond donors (Lipinski definition) is 0.